The molecule has 1 heterocycles. The summed E-state index contributed by atoms with van der Waals surface area (Å²) >= 11 is 1.17. The highest BCUT2D eigenvalue weighted by molar-refractivity contribution is 8.00. The Labute approximate surface area is 119 Å². The Bertz CT molecular complexity index is 523. The lowest BCUT2D eigenvalue weighted by atomic mass is 10.3. The van der Waals surface area contributed by atoms with E-state index in [1.807, 2.05) is 0 Å². The second-order valence-electron chi connectivity index (χ2n) is 4.08. The van der Waals surface area contributed by atoms with E-state index < -0.39 is 12.0 Å². The van der Waals surface area contributed by atoms with E-state index in [0.29, 0.717) is 17.2 Å². The number of anilines is 1. The van der Waals surface area contributed by atoms with Crippen molar-refractivity contribution in [3.8, 4) is 11.5 Å². The zero-order valence-corrected chi connectivity index (χ0v) is 11.3. The Kier molecular flexibility index (Phi) is 4.70. The normalized spacial score (nSPS) is 13.8. The smallest absolute Gasteiger partial charge is 0.321 e. The predicted molar refractivity (Wildman–Crippen MR) is 74.1 cm³/mol. The Morgan fingerprint density at radius 3 is 2.90 bits per heavy atom. The lowest BCUT2D eigenvalue weighted by Crippen LogP contribution is -2.33. The molecule has 0 bridgehead atoms. The molecule has 1 aromatic rings. The number of aliphatic carboxylic acids is 1. The first-order valence-corrected chi connectivity index (χ1v) is 6.97. The van der Waals surface area contributed by atoms with E-state index >= 15 is 0 Å². The Morgan fingerprint density at radius 2 is 2.15 bits per heavy atom. The van der Waals surface area contributed by atoms with Crippen molar-refractivity contribution in [1.82, 2.24) is 0 Å². The Hall–Kier alpha value is -1.93. The number of nitrogens with one attached hydrogen (secondary N) is 1. The summed E-state index contributed by atoms with van der Waals surface area (Å²) in [5.74, 6) is 0.243. The molecule has 1 aliphatic rings. The van der Waals surface area contributed by atoms with Gasteiger partial charge in [-0.2, -0.15) is 0 Å². The summed E-state index contributed by atoms with van der Waals surface area (Å²) in [5, 5.41) is 11.3. The van der Waals surface area contributed by atoms with Gasteiger partial charge in [0.25, 0.3) is 0 Å². The first-order valence-electron chi connectivity index (χ1n) is 5.82. The molecule has 1 amide bonds. The van der Waals surface area contributed by atoms with Crippen LogP contribution in [0.15, 0.2) is 18.2 Å². The monoisotopic (exact) mass is 298 g/mol. The molecule has 0 unspecified atom stereocenters. The molecule has 0 saturated carbocycles. The molecule has 20 heavy (non-hydrogen) atoms. The number of amides is 1. The molecule has 0 radical (unpaired) electrons. The van der Waals surface area contributed by atoms with Gasteiger partial charge in [-0.25, -0.2) is 0 Å². The number of hydrogen-bond acceptors (Lipinski definition) is 6. The molecule has 0 aliphatic carbocycles. The number of hydrogen-bond donors (Lipinski definition) is 3. The lowest BCUT2D eigenvalue weighted by molar-refractivity contribution is -0.137. The van der Waals surface area contributed by atoms with Crippen molar-refractivity contribution in [2.45, 2.75) is 6.04 Å². The topological polar surface area (TPSA) is 111 Å². The van der Waals surface area contributed by atoms with Gasteiger partial charge in [-0.15, -0.1) is 11.8 Å². The van der Waals surface area contributed by atoms with Crippen molar-refractivity contribution in [3.05, 3.63) is 18.2 Å². The molecule has 0 spiro atoms. The molecular formula is C12H14N2O5S. The molecule has 1 aliphatic heterocycles. The van der Waals surface area contributed by atoms with Crippen LogP contribution in [0.1, 0.15) is 0 Å². The summed E-state index contributed by atoms with van der Waals surface area (Å²) in [5.41, 5.74) is 5.93. The summed E-state index contributed by atoms with van der Waals surface area (Å²) in [6.07, 6.45) is 0. The molecule has 1 atom stereocenters. The van der Waals surface area contributed by atoms with Gasteiger partial charge in [0.15, 0.2) is 11.5 Å². The van der Waals surface area contributed by atoms with E-state index in [0.717, 1.165) is 0 Å². The predicted octanol–water partition coefficient (Wildman–Crippen LogP) is 0.499. The average molecular weight is 298 g/mol. The number of rotatable bonds is 6. The SMILES string of the molecule is N[C@H](CSCC(=O)Nc1ccc2c(c1)OCO2)C(=O)O. The first-order chi connectivity index (χ1) is 9.56. The Morgan fingerprint density at radius 1 is 1.40 bits per heavy atom. The van der Waals surface area contributed by atoms with Crippen molar-refractivity contribution in [1.29, 1.82) is 0 Å². The number of carbonyl (C=O) groups is 2. The third kappa shape index (κ3) is 3.78. The minimum atomic E-state index is -1.08. The summed E-state index contributed by atoms with van der Waals surface area (Å²) < 4.78 is 10.4. The van der Waals surface area contributed by atoms with E-state index in [9.17, 15) is 9.59 Å². The van der Waals surface area contributed by atoms with Gasteiger partial charge in [-0.3, -0.25) is 9.59 Å². The minimum absolute atomic E-state index is 0.134. The third-order valence-electron chi connectivity index (χ3n) is 2.50. The van der Waals surface area contributed by atoms with E-state index in [1.54, 1.807) is 18.2 Å². The maximum absolute atomic E-state index is 11.7. The molecule has 2 rings (SSSR count). The maximum atomic E-state index is 11.7. The molecule has 4 N–H and O–H groups in total. The number of ether oxygens (including phenoxy) is 2. The fourth-order valence-corrected chi connectivity index (χ4v) is 2.29. The van der Waals surface area contributed by atoms with Gasteiger partial charge in [0.2, 0.25) is 12.7 Å². The fourth-order valence-electron chi connectivity index (χ4n) is 1.52. The van der Waals surface area contributed by atoms with E-state index in [2.05, 4.69) is 5.32 Å². The highest BCUT2D eigenvalue weighted by Gasteiger charge is 2.15. The standard InChI is InChI=1S/C12H14N2O5S/c13-8(12(16)17)4-20-5-11(15)14-7-1-2-9-10(3-7)19-6-18-9/h1-3,8H,4-6,13H2,(H,14,15)(H,16,17)/t8-/m1/s1. The quantitative estimate of drug-likeness (QED) is 0.701. The van der Waals surface area contributed by atoms with E-state index in [1.165, 1.54) is 11.8 Å². The third-order valence-corrected chi connectivity index (χ3v) is 3.57. The molecule has 0 fully saturated rings. The summed E-state index contributed by atoms with van der Waals surface area (Å²) in [7, 11) is 0. The van der Waals surface area contributed by atoms with Crippen molar-refractivity contribution < 1.29 is 24.2 Å². The van der Waals surface area contributed by atoms with Crippen LogP contribution in [0.2, 0.25) is 0 Å². The average Bonchev–Trinajstić information content (AvgIpc) is 2.85. The zero-order chi connectivity index (χ0) is 14.5. The van der Waals surface area contributed by atoms with Crippen LogP contribution in [0.5, 0.6) is 11.5 Å². The molecule has 8 heteroatoms. The fraction of sp³-hybridized carbons (Fsp3) is 0.333. The Balaban J connectivity index is 1.78. The van der Waals surface area contributed by atoms with Gasteiger partial charge in [-0.1, -0.05) is 0 Å². The van der Waals surface area contributed by atoms with E-state index in [-0.39, 0.29) is 24.2 Å². The molecule has 0 saturated heterocycles. The molecule has 0 aromatic heterocycles. The van der Waals surface area contributed by atoms with Crippen LogP contribution in [-0.4, -0.2) is 41.3 Å². The number of nitrogens with two attached hydrogens (primary N) is 1. The number of fused-ring (bicyclic) bond motifs is 1. The van der Waals surface area contributed by atoms with Crippen molar-refractivity contribution in [2.24, 2.45) is 5.73 Å². The summed E-state index contributed by atoms with van der Waals surface area (Å²) in [6.45, 7) is 0.176. The highest BCUT2D eigenvalue weighted by atomic mass is 32.2. The first kappa shape index (κ1) is 14.5. The second-order valence-corrected chi connectivity index (χ2v) is 5.11. The number of carbonyl (C=O) groups excluding carboxylic acids is 1. The van der Waals surface area contributed by atoms with Gasteiger partial charge >= 0.3 is 5.97 Å². The van der Waals surface area contributed by atoms with Gasteiger partial charge < -0.3 is 25.6 Å². The van der Waals surface area contributed by atoms with Crippen LogP contribution in [0.3, 0.4) is 0 Å². The number of carboxylic acid groups (broad SMARTS) is 1. The van der Waals surface area contributed by atoms with Crippen LogP contribution >= 0.6 is 11.8 Å². The van der Waals surface area contributed by atoms with Crippen LogP contribution < -0.4 is 20.5 Å². The van der Waals surface area contributed by atoms with Gasteiger partial charge in [0.05, 0.1) is 5.75 Å². The zero-order valence-electron chi connectivity index (χ0n) is 10.5. The highest BCUT2D eigenvalue weighted by Crippen LogP contribution is 2.34. The van der Waals surface area contributed by atoms with E-state index in [4.69, 9.17) is 20.3 Å². The van der Waals surface area contributed by atoms with Crippen molar-refractivity contribution in [3.63, 3.8) is 0 Å². The van der Waals surface area contributed by atoms with Crippen LogP contribution in [0, 0.1) is 0 Å². The minimum Gasteiger partial charge on any atom is -0.480 e. The maximum Gasteiger partial charge on any atom is 0.321 e. The van der Waals surface area contributed by atoms with Crippen LogP contribution in [0.4, 0.5) is 5.69 Å². The van der Waals surface area contributed by atoms with Crippen LogP contribution in [0.25, 0.3) is 0 Å². The van der Waals surface area contributed by atoms with Crippen molar-refractivity contribution in [2.75, 3.05) is 23.6 Å². The number of benzene rings is 1. The van der Waals surface area contributed by atoms with Gasteiger partial charge in [0, 0.05) is 17.5 Å². The summed E-state index contributed by atoms with van der Waals surface area (Å²) in [4.78, 5) is 22.2. The van der Waals surface area contributed by atoms with Gasteiger partial charge in [0.1, 0.15) is 6.04 Å². The molecular weight excluding hydrogens is 284 g/mol. The van der Waals surface area contributed by atoms with Gasteiger partial charge in [-0.05, 0) is 12.1 Å². The summed E-state index contributed by atoms with van der Waals surface area (Å²) in [6, 6.07) is 4.14. The second kappa shape index (κ2) is 6.49. The lowest BCUT2D eigenvalue weighted by Gasteiger charge is -2.07. The largest absolute Gasteiger partial charge is 0.480 e. The molecule has 108 valence electrons. The van der Waals surface area contributed by atoms with Crippen LogP contribution in [-0.2, 0) is 9.59 Å². The molecule has 7 nitrogen and oxygen atoms in total. The number of thioether (sulfide) groups is 1. The van der Waals surface area contributed by atoms with Crippen molar-refractivity contribution >= 4 is 29.3 Å². The molecule has 1 aromatic carbocycles. The number of carboxylic acids is 1.